The summed E-state index contributed by atoms with van der Waals surface area (Å²) in [6, 6.07) is 0.487. The van der Waals surface area contributed by atoms with Gasteiger partial charge in [0.1, 0.15) is 0 Å². The zero-order valence-corrected chi connectivity index (χ0v) is 11.7. The van der Waals surface area contributed by atoms with E-state index in [1.165, 1.54) is 18.6 Å². The number of hydrazone groups is 1. The summed E-state index contributed by atoms with van der Waals surface area (Å²) in [7, 11) is 1.77. The van der Waals surface area contributed by atoms with Gasteiger partial charge in [-0.3, -0.25) is 5.01 Å². The molecule has 1 heterocycles. The number of thioether (sulfide) groups is 1. The lowest BCUT2D eigenvalue weighted by Crippen LogP contribution is -2.30. The normalized spacial score (nSPS) is 23.9. The van der Waals surface area contributed by atoms with Gasteiger partial charge in [0.2, 0.25) is 0 Å². The van der Waals surface area contributed by atoms with Gasteiger partial charge in [0.25, 0.3) is 0 Å². The Kier molecular flexibility index (Phi) is 6.21. The van der Waals surface area contributed by atoms with Gasteiger partial charge in [0.15, 0.2) is 0 Å². The minimum absolute atomic E-state index is 0.487. The lowest BCUT2D eigenvalue weighted by atomic mass is 10.2. The summed E-state index contributed by atoms with van der Waals surface area (Å²) in [6.45, 7) is 6.30. The molecule has 0 aliphatic carbocycles. The quantitative estimate of drug-likeness (QED) is 0.671. The fourth-order valence-corrected chi connectivity index (χ4v) is 2.54. The zero-order valence-electron chi connectivity index (χ0n) is 10.9. The van der Waals surface area contributed by atoms with Gasteiger partial charge in [-0.2, -0.15) is 16.9 Å². The summed E-state index contributed by atoms with van der Waals surface area (Å²) in [5, 5.41) is 7.57. The number of hydrogen-bond acceptors (Lipinski definition) is 4. The zero-order chi connectivity index (χ0) is 12.0. The van der Waals surface area contributed by atoms with Crippen molar-refractivity contribution >= 4 is 17.5 Å². The third-order valence-electron chi connectivity index (χ3n) is 3.15. The summed E-state index contributed by atoms with van der Waals surface area (Å²) in [5.74, 6) is 0. The predicted molar refractivity (Wildman–Crippen MR) is 72.3 cm³/mol. The molecule has 1 aliphatic rings. The molecule has 0 bridgehead atoms. The van der Waals surface area contributed by atoms with Crippen molar-refractivity contribution in [3.05, 3.63) is 0 Å². The molecule has 4 heteroatoms. The molecule has 0 aromatic carbocycles. The third kappa shape index (κ3) is 3.67. The molecule has 0 aromatic heterocycles. The first-order valence-corrected chi connectivity index (χ1v) is 7.37. The van der Waals surface area contributed by atoms with Crippen LogP contribution in [0.5, 0.6) is 0 Å². The molecule has 16 heavy (non-hydrogen) atoms. The Labute approximate surface area is 104 Å². The Bertz CT molecular complexity index is 233. The van der Waals surface area contributed by atoms with Gasteiger partial charge >= 0.3 is 0 Å². The molecule has 0 N–H and O–H groups in total. The SMILES string of the molecule is CC/C(=N\N1CCC[C@H]1COC)[C@@H](C)SC. The van der Waals surface area contributed by atoms with Gasteiger partial charge in [0, 0.05) is 18.9 Å². The van der Waals surface area contributed by atoms with Crippen molar-refractivity contribution in [2.45, 2.75) is 44.4 Å². The minimum Gasteiger partial charge on any atom is -0.382 e. The first kappa shape index (κ1) is 13.8. The number of rotatable bonds is 6. The van der Waals surface area contributed by atoms with Crippen molar-refractivity contribution in [1.82, 2.24) is 5.01 Å². The van der Waals surface area contributed by atoms with Crippen LogP contribution in [0.3, 0.4) is 0 Å². The molecule has 1 saturated heterocycles. The molecule has 3 nitrogen and oxygen atoms in total. The van der Waals surface area contributed by atoms with Gasteiger partial charge in [-0.15, -0.1) is 0 Å². The summed E-state index contributed by atoms with van der Waals surface area (Å²) >= 11 is 1.87. The Balaban J connectivity index is 2.63. The lowest BCUT2D eigenvalue weighted by Gasteiger charge is -2.23. The maximum atomic E-state index is 5.24. The highest BCUT2D eigenvalue weighted by molar-refractivity contribution is 7.99. The molecule has 94 valence electrons. The van der Waals surface area contributed by atoms with Crippen molar-refractivity contribution in [3.63, 3.8) is 0 Å². The van der Waals surface area contributed by atoms with Crippen molar-refractivity contribution in [2.75, 3.05) is 26.5 Å². The molecule has 0 saturated carbocycles. The van der Waals surface area contributed by atoms with Crippen LogP contribution in [0.4, 0.5) is 0 Å². The number of methoxy groups -OCH3 is 1. The van der Waals surface area contributed by atoms with Crippen LogP contribution in [-0.4, -0.2) is 48.5 Å². The van der Waals surface area contributed by atoms with Crippen LogP contribution >= 0.6 is 11.8 Å². The van der Waals surface area contributed by atoms with E-state index in [-0.39, 0.29) is 0 Å². The Morgan fingerprint density at radius 1 is 1.62 bits per heavy atom. The average Bonchev–Trinajstić information content (AvgIpc) is 2.73. The molecule has 1 fully saturated rings. The summed E-state index contributed by atoms with van der Waals surface area (Å²) in [5.41, 5.74) is 1.30. The highest BCUT2D eigenvalue weighted by Gasteiger charge is 2.23. The predicted octanol–water partition coefficient (Wildman–Crippen LogP) is 2.61. The second kappa shape index (κ2) is 7.17. The van der Waals surface area contributed by atoms with E-state index < -0.39 is 0 Å². The highest BCUT2D eigenvalue weighted by Crippen LogP contribution is 2.20. The van der Waals surface area contributed by atoms with Crippen LogP contribution in [0.1, 0.15) is 33.1 Å². The largest absolute Gasteiger partial charge is 0.382 e. The maximum absolute atomic E-state index is 5.24. The molecule has 1 rings (SSSR count). The molecule has 1 aliphatic heterocycles. The molecule has 0 radical (unpaired) electrons. The fourth-order valence-electron chi connectivity index (χ4n) is 2.05. The van der Waals surface area contributed by atoms with Crippen molar-refractivity contribution in [1.29, 1.82) is 0 Å². The molecule has 0 spiro atoms. The van der Waals surface area contributed by atoms with E-state index in [9.17, 15) is 0 Å². The van der Waals surface area contributed by atoms with Crippen LogP contribution in [0.15, 0.2) is 5.10 Å². The van der Waals surface area contributed by atoms with E-state index in [1.807, 2.05) is 11.8 Å². The fraction of sp³-hybridized carbons (Fsp3) is 0.917. The summed E-state index contributed by atoms with van der Waals surface area (Å²) in [4.78, 5) is 0. The standard InChI is InChI=1S/C12H24N2OS/c1-5-12(10(2)16-4)13-14-8-6-7-11(14)9-15-3/h10-11H,5-9H2,1-4H3/b13-12+/t10-,11+/m1/s1. The van der Waals surface area contributed by atoms with Crippen molar-refractivity contribution < 1.29 is 4.74 Å². The second-order valence-electron chi connectivity index (χ2n) is 4.24. The van der Waals surface area contributed by atoms with Gasteiger partial charge < -0.3 is 4.74 Å². The Morgan fingerprint density at radius 3 is 2.94 bits per heavy atom. The number of ether oxygens (including phenoxy) is 1. The van der Waals surface area contributed by atoms with Crippen molar-refractivity contribution in [3.8, 4) is 0 Å². The highest BCUT2D eigenvalue weighted by atomic mass is 32.2. The maximum Gasteiger partial charge on any atom is 0.0704 e. The van der Waals surface area contributed by atoms with Gasteiger partial charge in [0.05, 0.1) is 18.4 Å². The van der Waals surface area contributed by atoms with E-state index >= 15 is 0 Å². The lowest BCUT2D eigenvalue weighted by molar-refractivity contribution is 0.117. The van der Waals surface area contributed by atoms with Crippen molar-refractivity contribution in [2.24, 2.45) is 5.10 Å². The first-order valence-electron chi connectivity index (χ1n) is 6.08. The summed E-state index contributed by atoms with van der Waals surface area (Å²) < 4.78 is 5.24. The van der Waals surface area contributed by atoms with Gasteiger partial charge in [-0.05, 0) is 32.4 Å². The third-order valence-corrected chi connectivity index (χ3v) is 4.13. The van der Waals surface area contributed by atoms with Crippen LogP contribution in [0.25, 0.3) is 0 Å². The van der Waals surface area contributed by atoms with Crippen LogP contribution in [-0.2, 0) is 4.74 Å². The first-order chi connectivity index (χ1) is 7.72. The molecular formula is C12H24N2OS. The summed E-state index contributed by atoms with van der Waals surface area (Å²) in [6.07, 6.45) is 5.63. The number of hydrogen-bond donors (Lipinski definition) is 0. The Hall–Kier alpha value is -0.220. The molecule has 0 unspecified atom stereocenters. The monoisotopic (exact) mass is 244 g/mol. The van der Waals surface area contributed by atoms with E-state index in [0.717, 1.165) is 19.6 Å². The number of nitrogens with zero attached hydrogens (tertiary/aromatic N) is 2. The van der Waals surface area contributed by atoms with Crippen LogP contribution < -0.4 is 0 Å². The molecule has 0 aromatic rings. The smallest absolute Gasteiger partial charge is 0.0704 e. The molecule has 2 atom stereocenters. The van der Waals surface area contributed by atoms with E-state index in [0.29, 0.717) is 11.3 Å². The van der Waals surface area contributed by atoms with E-state index in [4.69, 9.17) is 9.84 Å². The van der Waals surface area contributed by atoms with E-state index in [1.54, 1.807) is 7.11 Å². The van der Waals surface area contributed by atoms with E-state index in [2.05, 4.69) is 25.1 Å². The Morgan fingerprint density at radius 2 is 2.38 bits per heavy atom. The van der Waals surface area contributed by atoms with Crippen LogP contribution in [0.2, 0.25) is 0 Å². The topological polar surface area (TPSA) is 24.8 Å². The molecule has 0 amide bonds. The van der Waals surface area contributed by atoms with Crippen LogP contribution in [0, 0.1) is 0 Å². The minimum atomic E-state index is 0.487. The van der Waals surface area contributed by atoms with Gasteiger partial charge in [-0.1, -0.05) is 6.92 Å². The van der Waals surface area contributed by atoms with Gasteiger partial charge in [-0.25, -0.2) is 0 Å². The second-order valence-corrected chi connectivity index (χ2v) is 5.42. The average molecular weight is 244 g/mol. The molecular weight excluding hydrogens is 220 g/mol.